The topological polar surface area (TPSA) is 150 Å². The molecule has 242 valence electrons. The fraction of sp³-hybridized carbons (Fsp3) is 0.655. The van der Waals surface area contributed by atoms with Gasteiger partial charge in [0.15, 0.2) is 6.04 Å². The molecule has 43 heavy (non-hydrogen) atoms. The predicted molar refractivity (Wildman–Crippen MR) is 149 cm³/mol. The van der Waals surface area contributed by atoms with E-state index in [4.69, 9.17) is 9.90 Å². The van der Waals surface area contributed by atoms with Crippen LogP contribution < -0.4 is 21.5 Å². The minimum absolute atomic E-state index is 0.109. The molecule has 14 heteroatoms. The number of nitrogens with zero attached hydrogens (tertiary/aromatic N) is 2. The molecule has 3 rings (SSSR count). The van der Waals surface area contributed by atoms with Gasteiger partial charge in [-0.2, -0.15) is 13.2 Å². The summed E-state index contributed by atoms with van der Waals surface area (Å²) in [6.07, 6.45) is 1.61. The highest BCUT2D eigenvalue weighted by Crippen LogP contribution is 2.27. The molecule has 0 bridgehead atoms. The summed E-state index contributed by atoms with van der Waals surface area (Å²) in [5.41, 5.74) is 4.78. The van der Waals surface area contributed by atoms with E-state index in [1.165, 1.54) is 25.0 Å². The molecule has 1 aliphatic heterocycles. The van der Waals surface area contributed by atoms with Crippen molar-refractivity contribution in [3.8, 4) is 0 Å². The summed E-state index contributed by atoms with van der Waals surface area (Å²) in [7, 11) is 2.01. The fourth-order valence-electron chi connectivity index (χ4n) is 5.16. The molecule has 0 aromatic heterocycles. The summed E-state index contributed by atoms with van der Waals surface area (Å²) in [6, 6.07) is 3.40. The van der Waals surface area contributed by atoms with Crippen LogP contribution in [0.3, 0.4) is 0 Å². The summed E-state index contributed by atoms with van der Waals surface area (Å²) >= 11 is 0. The minimum atomic E-state index is -5.19. The van der Waals surface area contributed by atoms with Gasteiger partial charge in [-0.15, -0.1) is 0 Å². The number of piperazine rings is 1. The number of likely N-dealkylation sites (N-methyl/N-ethyl adjacent to an activating group) is 1. The highest BCUT2D eigenvalue weighted by atomic mass is 19.4. The van der Waals surface area contributed by atoms with Crippen molar-refractivity contribution in [1.82, 2.24) is 15.1 Å². The van der Waals surface area contributed by atoms with Gasteiger partial charge in [-0.05, 0) is 37.6 Å². The molecule has 3 amide bonds. The summed E-state index contributed by atoms with van der Waals surface area (Å²) < 4.78 is 46.7. The molecule has 1 heterocycles. The third-order valence-electron chi connectivity index (χ3n) is 8.03. The van der Waals surface area contributed by atoms with Crippen molar-refractivity contribution >= 4 is 29.4 Å². The fourth-order valence-corrected chi connectivity index (χ4v) is 5.16. The van der Waals surface area contributed by atoms with E-state index in [1.807, 2.05) is 14.0 Å². The van der Waals surface area contributed by atoms with Gasteiger partial charge in [0.2, 0.25) is 11.8 Å². The van der Waals surface area contributed by atoms with Crippen LogP contribution in [0, 0.1) is 11.7 Å². The van der Waals surface area contributed by atoms with Crippen molar-refractivity contribution in [3.63, 3.8) is 0 Å². The zero-order chi connectivity index (χ0) is 32.3. The van der Waals surface area contributed by atoms with E-state index in [0.29, 0.717) is 18.7 Å². The van der Waals surface area contributed by atoms with Crippen molar-refractivity contribution in [2.45, 2.75) is 83.0 Å². The zero-order valence-electron chi connectivity index (χ0n) is 25.0. The molecular formula is C29H43F4N5O5. The highest BCUT2D eigenvalue weighted by molar-refractivity contribution is 5.94. The molecule has 0 spiro atoms. The molecule has 1 aromatic carbocycles. The van der Waals surface area contributed by atoms with E-state index in [2.05, 4.69) is 21.3 Å². The summed E-state index contributed by atoms with van der Waals surface area (Å²) in [6.45, 7) is 6.27. The number of anilines is 1. The summed E-state index contributed by atoms with van der Waals surface area (Å²) in [5, 5.41) is 14.4. The first-order valence-corrected chi connectivity index (χ1v) is 14.6. The number of alkyl halides is 3. The lowest BCUT2D eigenvalue weighted by Crippen LogP contribution is -2.69. The van der Waals surface area contributed by atoms with Crippen LogP contribution in [-0.4, -0.2) is 85.0 Å². The van der Waals surface area contributed by atoms with Crippen LogP contribution in [0.2, 0.25) is 0 Å². The van der Waals surface area contributed by atoms with Gasteiger partial charge in [-0.1, -0.05) is 45.6 Å². The Bertz CT molecular complexity index is 1100. The van der Waals surface area contributed by atoms with Crippen LogP contribution in [0.5, 0.6) is 0 Å². The second kappa shape index (κ2) is 16.6. The Balaban J connectivity index is 0.000000821. The zero-order valence-corrected chi connectivity index (χ0v) is 25.0. The van der Waals surface area contributed by atoms with Gasteiger partial charge < -0.3 is 36.1 Å². The van der Waals surface area contributed by atoms with Crippen LogP contribution in [0.4, 0.5) is 23.2 Å². The largest absolute Gasteiger partial charge is 0.542 e. The molecule has 0 unspecified atom stereocenters. The molecule has 1 saturated heterocycles. The van der Waals surface area contributed by atoms with Gasteiger partial charge >= 0.3 is 6.18 Å². The smallest absolute Gasteiger partial charge is 0.430 e. The van der Waals surface area contributed by atoms with Crippen molar-refractivity contribution in [2.75, 3.05) is 38.5 Å². The Morgan fingerprint density at radius 3 is 2.09 bits per heavy atom. The molecule has 1 aromatic rings. The van der Waals surface area contributed by atoms with Crippen LogP contribution in [0.25, 0.3) is 0 Å². The second-order valence-corrected chi connectivity index (χ2v) is 11.2. The number of rotatable bonds is 8. The van der Waals surface area contributed by atoms with Gasteiger partial charge in [0.25, 0.3) is 5.91 Å². The van der Waals surface area contributed by atoms with E-state index < -0.39 is 36.0 Å². The lowest BCUT2D eigenvalue weighted by atomic mass is 9.91. The number of carbonyl (C=O) groups excluding carboxylic acids is 4. The monoisotopic (exact) mass is 617 g/mol. The number of quaternary nitrogens is 1. The maximum Gasteiger partial charge on any atom is 0.430 e. The SMILES string of the molecule is CCC(=O)N[C@@H](C(=O)N1CCN(C)CC1)[C@@H](C)c1ccc(NC(=O)[C@@H]([NH3+])C2CCCCCC2)c(F)c1.O=C([O-])C(F)(F)F. The third-order valence-corrected chi connectivity index (χ3v) is 8.03. The number of hydrogen-bond acceptors (Lipinski definition) is 6. The van der Waals surface area contributed by atoms with Crippen molar-refractivity contribution in [1.29, 1.82) is 0 Å². The van der Waals surface area contributed by atoms with E-state index in [9.17, 15) is 27.6 Å². The van der Waals surface area contributed by atoms with Crippen molar-refractivity contribution in [3.05, 3.63) is 29.6 Å². The number of carboxylic acids is 1. The minimum Gasteiger partial charge on any atom is -0.542 e. The number of benzene rings is 1. The van der Waals surface area contributed by atoms with E-state index in [-0.39, 0.29) is 35.7 Å². The van der Waals surface area contributed by atoms with Crippen molar-refractivity contribution < 1.29 is 47.6 Å². The lowest BCUT2D eigenvalue weighted by Gasteiger charge is -2.36. The van der Waals surface area contributed by atoms with E-state index >= 15 is 4.39 Å². The first-order chi connectivity index (χ1) is 20.1. The molecule has 5 N–H and O–H groups in total. The molecule has 2 aliphatic rings. The number of nitrogens with one attached hydrogen (secondary N) is 2. The predicted octanol–water partition coefficient (Wildman–Crippen LogP) is 1.42. The Labute approximate surface area is 249 Å². The summed E-state index contributed by atoms with van der Waals surface area (Å²) in [5.74, 6) is -4.44. The number of halogens is 4. The third kappa shape index (κ3) is 11.1. The van der Waals surface area contributed by atoms with Gasteiger partial charge in [-0.25, -0.2) is 4.39 Å². The molecule has 1 aliphatic carbocycles. The number of amides is 3. The maximum atomic E-state index is 15.1. The van der Waals surface area contributed by atoms with Gasteiger partial charge in [0, 0.05) is 44.4 Å². The normalized spacial score (nSPS) is 18.7. The Kier molecular flexibility index (Phi) is 13.8. The van der Waals surface area contributed by atoms with Gasteiger partial charge in [0.1, 0.15) is 17.8 Å². The quantitative estimate of drug-likeness (QED) is 0.297. The molecule has 2 fully saturated rings. The molecule has 10 nitrogen and oxygen atoms in total. The average molecular weight is 618 g/mol. The first kappa shape index (κ1) is 35.9. The number of hydrogen-bond donors (Lipinski definition) is 3. The molecule has 1 saturated carbocycles. The Hall–Kier alpha value is -3.26. The number of carboxylic acid groups (broad SMARTS) is 1. The first-order valence-electron chi connectivity index (χ1n) is 14.6. The van der Waals surface area contributed by atoms with Gasteiger partial charge in [-0.3, -0.25) is 14.4 Å². The number of aliphatic carboxylic acids is 1. The number of carbonyl (C=O) groups is 4. The van der Waals surface area contributed by atoms with E-state index in [0.717, 1.165) is 38.8 Å². The van der Waals surface area contributed by atoms with Crippen LogP contribution in [-0.2, 0) is 19.2 Å². The molecular weight excluding hydrogens is 574 g/mol. The summed E-state index contributed by atoms with van der Waals surface area (Å²) in [4.78, 5) is 51.1. The van der Waals surface area contributed by atoms with Crippen molar-refractivity contribution in [2.24, 2.45) is 5.92 Å². The van der Waals surface area contributed by atoms with Crippen LogP contribution in [0.1, 0.15) is 70.3 Å². The maximum absolute atomic E-state index is 15.1. The second-order valence-electron chi connectivity index (χ2n) is 11.2. The Morgan fingerprint density at radius 1 is 1.05 bits per heavy atom. The van der Waals surface area contributed by atoms with E-state index in [1.54, 1.807) is 17.9 Å². The average Bonchev–Trinajstić information content (AvgIpc) is 3.25. The highest BCUT2D eigenvalue weighted by Gasteiger charge is 2.34. The van der Waals surface area contributed by atoms with Crippen LogP contribution >= 0.6 is 0 Å². The lowest BCUT2D eigenvalue weighted by molar-refractivity contribution is -0.415. The standard InChI is InChI=1S/C27H42FN5O3.C2HF3O2/c1-4-23(34)31-25(27(36)33-15-13-32(3)14-16-33)18(2)20-11-12-22(21(28)17-20)30-26(35)24(29)19-9-7-5-6-8-10-19;3-2(4,5)1(6)7/h11-12,17-19,24-25H,4-10,13-16,29H2,1-3H3,(H,30,35)(H,31,34);(H,6,7)/t18-,24-,25+;/m0./s1. The Morgan fingerprint density at radius 2 is 1.60 bits per heavy atom. The van der Waals surface area contributed by atoms with Gasteiger partial charge in [0.05, 0.1) is 5.69 Å². The molecule has 3 atom stereocenters. The molecule has 0 radical (unpaired) electrons. The van der Waals surface area contributed by atoms with Crippen LogP contribution in [0.15, 0.2) is 18.2 Å².